The fraction of sp³-hybridized carbons (Fsp3) is 0.333. The second-order valence-corrected chi connectivity index (χ2v) is 7.35. The highest BCUT2D eigenvalue weighted by Gasteiger charge is 2.21. The summed E-state index contributed by atoms with van der Waals surface area (Å²) < 4.78 is 0. The van der Waals surface area contributed by atoms with Gasteiger partial charge in [0, 0.05) is 16.4 Å². The zero-order valence-corrected chi connectivity index (χ0v) is 17.1. The number of carbonyl (C=O) groups excluding carboxylic acids is 2. The van der Waals surface area contributed by atoms with Crippen LogP contribution in [0.15, 0.2) is 36.4 Å². The second kappa shape index (κ2) is 9.02. The number of hydrogen-bond acceptors (Lipinski definition) is 3. The van der Waals surface area contributed by atoms with Gasteiger partial charge in [-0.2, -0.15) is 0 Å². The highest BCUT2D eigenvalue weighted by molar-refractivity contribution is 6.30. The van der Waals surface area contributed by atoms with Crippen LogP contribution in [0.4, 0.5) is 11.4 Å². The molecule has 2 aromatic rings. The van der Waals surface area contributed by atoms with Gasteiger partial charge in [-0.05, 0) is 70.1 Å². The Hall–Kier alpha value is -2.37. The van der Waals surface area contributed by atoms with Crippen LogP contribution < -0.4 is 10.6 Å². The minimum Gasteiger partial charge on any atom is -0.325 e. The van der Waals surface area contributed by atoms with Crippen LogP contribution in [0.5, 0.6) is 0 Å². The van der Waals surface area contributed by atoms with Gasteiger partial charge in [0.15, 0.2) is 0 Å². The van der Waals surface area contributed by atoms with Crippen molar-refractivity contribution in [2.24, 2.45) is 0 Å². The van der Waals surface area contributed by atoms with Gasteiger partial charge < -0.3 is 10.6 Å². The molecule has 0 saturated heterocycles. The van der Waals surface area contributed by atoms with E-state index in [9.17, 15) is 9.59 Å². The minimum atomic E-state index is -0.466. The summed E-state index contributed by atoms with van der Waals surface area (Å²) >= 11 is 5.85. The quantitative estimate of drug-likeness (QED) is 0.782. The van der Waals surface area contributed by atoms with Crippen LogP contribution in [-0.4, -0.2) is 36.3 Å². The maximum Gasteiger partial charge on any atom is 0.241 e. The number of halogens is 1. The van der Waals surface area contributed by atoms with Crippen LogP contribution in [-0.2, 0) is 9.59 Å². The predicted octanol–water partition coefficient (Wildman–Crippen LogP) is 4.16. The Morgan fingerprint density at radius 3 is 2.15 bits per heavy atom. The molecular formula is C21H26ClN3O2. The first-order valence-electron chi connectivity index (χ1n) is 8.81. The Labute approximate surface area is 165 Å². The number of rotatable bonds is 6. The van der Waals surface area contributed by atoms with E-state index < -0.39 is 6.04 Å². The summed E-state index contributed by atoms with van der Waals surface area (Å²) in [6, 6.07) is 10.5. The summed E-state index contributed by atoms with van der Waals surface area (Å²) in [7, 11) is 1.75. The molecule has 0 spiro atoms. The van der Waals surface area contributed by atoms with Crippen molar-refractivity contribution >= 4 is 34.8 Å². The molecule has 2 amide bonds. The van der Waals surface area contributed by atoms with Crippen molar-refractivity contribution in [3.05, 3.63) is 58.1 Å². The number of likely N-dealkylation sites (N-methyl/N-ethyl adjacent to an activating group) is 1. The summed E-state index contributed by atoms with van der Waals surface area (Å²) in [5.41, 5.74) is 4.71. The van der Waals surface area contributed by atoms with Gasteiger partial charge in [0.25, 0.3) is 0 Å². The van der Waals surface area contributed by atoms with Crippen LogP contribution in [0.1, 0.15) is 23.6 Å². The van der Waals surface area contributed by atoms with Gasteiger partial charge in [-0.3, -0.25) is 14.5 Å². The molecule has 0 aromatic heterocycles. The molecule has 27 heavy (non-hydrogen) atoms. The molecule has 0 unspecified atom stereocenters. The molecule has 0 aliphatic carbocycles. The maximum atomic E-state index is 12.4. The first-order chi connectivity index (χ1) is 12.7. The Balaban J connectivity index is 1.95. The van der Waals surface area contributed by atoms with E-state index in [1.807, 2.05) is 32.9 Å². The molecule has 2 aromatic carbocycles. The number of nitrogens with zero attached hydrogens (tertiary/aromatic N) is 1. The van der Waals surface area contributed by atoms with Crippen LogP contribution in [0.2, 0.25) is 5.02 Å². The lowest BCUT2D eigenvalue weighted by Gasteiger charge is -2.24. The number of hydrogen-bond donors (Lipinski definition) is 2. The highest BCUT2D eigenvalue weighted by atomic mass is 35.5. The Bertz CT molecular complexity index is 811. The number of amides is 2. The van der Waals surface area contributed by atoms with Crippen molar-refractivity contribution in [2.45, 2.75) is 33.7 Å². The SMILES string of the molecule is Cc1cc(C)c(NC(=O)CN(C)[C@H](C)C(=O)Nc2ccc(Cl)cc2)c(C)c1. The highest BCUT2D eigenvalue weighted by Crippen LogP contribution is 2.22. The van der Waals surface area contributed by atoms with E-state index in [1.54, 1.807) is 43.1 Å². The third-order valence-electron chi connectivity index (χ3n) is 4.49. The van der Waals surface area contributed by atoms with E-state index in [0.717, 1.165) is 22.4 Å². The molecule has 0 saturated carbocycles. The third kappa shape index (κ3) is 5.81. The van der Waals surface area contributed by atoms with E-state index in [1.165, 1.54) is 0 Å². The van der Waals surface area contributed by atoms with E-state index in [2.05, 4.69) is 10.6 Å². The van der Waals surface area contributed by atoms with Crippen LogP contribution >= 0.6 is 11.6 Å². The number of carbonyl (C=O) groups is 2. The van der Waals surface area contributed by atoms with Crippen molar-refractivity contribution < 1.29 is 9.59 Å². The number of anilines is 2. The minimum absolute atomic E-state index is 0.113. The van der Waals surface area contributed by atoms with E-state index in [4.69, 9.17) is 11.6 Å². The molecule has 0 bridgehead atoms. The first kappa shape index (κ1) is 20.9. The molecule has 5 nitrogen and oxygen atoms in total. The van der Waals surface area contributed by atoms with Gasteiger partial charge in [-0.25, -0.2) is 0 Å². The van der Waals surface area contributed by atoms with Gasteiger partial charge in [0.2, 0.25) is 11.8 Å². The predicted molar refractivity (Wildman–Crippen MR) is 111 cm³/mol. The topological polar surface area (TPSA) is 61.4 Å². The lowest BCUT2D eigenvalue weighted by Crippen LogP contribution is -2.43. The summed E-state index contributed by atoms with van der Waals surface area (Å²) in [5, 5.41) is 6.39. The largest absolute Gasteiger partial charge is 0.325 e. The Kier molecular flexibility index (Phi) is 6.99. The fourth-order valence-corrected chi connectivity index (χ4v) is 3.03. The van der Waals surface area contributed by atoms with Crippen molar-refractivity contribution in [1.29, 1.82) is 0 Å². The molecule has 2 rings (SSSR count). The maximum absolute atomic E-state index is 12.4. The van der Waals surface area contributed by atoms with Gasteiger partial charge in [-0.15, -0.1) is 0 Å². The van der Waals surface area contributed by atoms with Crippen LogP contribution in [0.3, 0.4) is 0 Å². The zero-order chi connectivity index (χ0) is 20.1. The summed E-state index contributed by atoms with van der Waals surface area (Å²) in [6.45, 7) is 7.85. The fourth-order valence-electron chi connectivity index (χ4n) is 2.90. The van der Waals surface area contributed by atoms with E-state index >= 15 is 0 Å². The number of benzene rings is 2. The average Bonchev–Trinajstić information content (AvgIpc) is 2.59. The molecule has 2 N–H and O–H groups in total. The van der Waals surface area contributed by atoms with E-state index in [0.29, 0.717) is 10.7 Å². The second-order valence-electron chi connectivity index (χ2n) is 6.91. The van der Waals surface area contributed by atoms with Gasteiger partial charge in [-0.1, -0.05) is 29.3 Å². The van der Waals surface area contributed by atoms with E-state index in [-0.39, 0.29) is 18.4 Å². The lowest BCUT2D eigenvalue weighted by atomic mass is 10.1. The van der Waals surface area contributed by atoms with Crippen molar-refractivity contribution in [2.75, 3.05) is 24.2 Å². The molecule has 0 heterocycles. The standard InChI is InChI=1S/C21H26ClN3O2/c1-13-10-14(2)20(15(3)11-13)24-19(26)12-25(5)16(4)21(27)23-18-8-6-17(22)7-9-18/h6-11,16H,12H2,1-5H3,(H,23,27)(H,24,26)/t16-/m1/s1. The zero-order valence-electron chi connectivity index (χ0n) is 16.4. The summed E-state index contributed by atoms with van der Waals surface area (Å²) in [4.78, 5) is 26.6. The van der Waals surface area contributed by atoms with Crippen molar-refractivity contribution in [3.8, 4) is 0 Å². The molecule has 0 fully saturated rings. The first-order valence-corrected chi connectivity index (χ1v) is 9.19. The monoisotopic (exact) mass is 387 g/mol. The molecular weight excluding hydrogens is 362 g/mol. The summed E-state index contributed by atoms with van der Waals surface area (Å²) in [5.74, 6) is -0.339. The van der Waals surface area contributed by atoms with Gasteiger partial charge in [0.1, 0.15) is 0 Å². The normalized spacial score (nSPS) is 12.0. The lowest BCUT2D eigenvalue weighted by molar-refractivity contribution is -0.122. The van der Waals surface area contributed by atoms with Crippen LogP contribution in [0, 0.1) is 20.8 Å². The Morgan fingerprint density at radius 1 is 1.04 bits per heavy atom. The number of nitrogens with one attached hydrogen (secondary N) is 2. The van der Waals surface area contributed by atoms with Gasteiger partial charge in [0.05, 0.1) is 12.6 Å². The van der Waals surface area contributed by atoms with Crippen LogP contribution in [0.25, 0.3) is 0 Å². The van der Waals surface area contributed by atoms with Crippen molar-refractivity contribution in [1.82, 2.24) is 4.90 Å². The number of aryl methyl sites for hydroxylation is 3. The molecule has 6 heteroatoms. The Morgan fingerprint density at radius 2 is 1.59 bits per heavy atom. The molecule has 0 radical (unpaired) electrons. The van der Waals surface area contributed by atoms with Crippen molar-refractivity contribution in [3.63, 3.8) is 0 Å². The molecule has 0 aliphatic heterocycles. The molecule has 1 atom stereocenters. The average molecular weight is 388 g/mol. The molecule has 144 valence electrons. The molecule has 0 aliphatic rings. The van der Waals surface area contributed by atoms with Gasteiger partial charge >= 0.3 is 0 Å². The smallest absolute Gasteiger partial charge is 0.241 e. The summed E-state index contributed by atoms with van der Waals surface area (Å²) in [6.07, 6.45) is 0. The third-order valence-corrected chi connectivity index (χ3v) is 4.74.